The molecule has 0 radical (unpaired) electrons. The summed E-state index contributed by atoms with van der Waals surface area (Å²) in [4.78, 5) is 0. The van der Waals surface area contributed by atoms with Crippen LogP contribution in [0, 0.1) is 5.82 Å². The van der Waals surface area contributed by atoms with Crippen molar-refractivity contribution in [3.63, 3.8) is 0 Å². The Kier molecular flexibility index (Phi) is 2.18. The van der Waals surface area contributed by atoms with Gasteiger partial charge in [-0.3, -0.25) is 0 Å². The first-order chi connectivity index (χ1) is 6.81. The van der Waals surface area contributed by atoms with E-state index in [0.29, 0.717) is 11.5 Å². The molecule has 0 saturated carbocycles. The lowest BCUT2D eigenvalue weighted by Gasteiger charge is -2.01. The van der Waals surface area contributed by atoms with E-state index in [9.17, 15) is 4.39 Å². The molecule has 1 aromatic carbocycles. The van der Waals surface area contributed by atoms with E-state index in [0.717, 1.165) is 0 Å². The number of hydrogen-bond donors (Lipinski definition) is 1. The van der Waals surface area contributed by atoms with E-state index in [1.807, 2.05) is 0 Å². The molecule has 4 heteroatoms. The predicted octanol–water partition coefficient (Wildman–Crippen LogP) is 2.05. The van der Waals surface area contributed by atoms with Gasteiger partial charge < -0.3 is 5.32 Å². The van der Waals surface area contributed by atoms with Crippen molar-refractivity contribution in [2.45, 2.75) is 0 Å². The molecule has 0 unspecified atom stereocenters. The molecule has 0 aliphatic heterocycles. The van der Waals surface area contributed by atoms with Crippen LogP contribution in [-0.4, -0.2) is 16.8 Å². The van der Waals surface area contributed by atoms with Gasteiger partial charge in [-0.25, -0.2) is 9.07 Å². The standard InChI is InChI=1S/C10H10FN3/c1-12-10-6-7-14(13-10)9-5-3-2-4-8(9)11/h2-7H,1H3,(H,12,13). The molecule has 3 nitrogen and oxygen atoms in total. The first kappa shape index (κ1) is 8.74. The van der Waals surface area contributed by atoms with Crippen LogP contribution < -0.4 is 5.32 Å². The Bertz CT molecular complexity index is 436. The van der Waals surface area contributed by atoms with Crippen LogP contribution in [0.5, 0.6) is 0 Å². The summed E-state index contributed by atoms with van der Waals surface area (Å²) in [7, 11) is 1.77. The van der Waals surface area contributed by atoms with E-state index in [1.54, 1.807) is 37.5 Å². The summed E-state index contributed by atoms with van der Waals surface area (Å²) in [5.41, 5.74) is 0.453. The number of hydrogen-bond acceptors (Lipinski definition) is 2. The van der Waals surface area contributed by atoms with Gasteiger partial charge in [0.2, 0.25) is 0 Å². The van der Waals surface area contributed by atoms with Crippen molar-refractivity contribution in [2.75, 3.05) is 12.4 Å². The molecule has 0 aliphatic carbocycles. The zero-order valence-electron chi connectivity index (χ0n) is 7.74. The summed E-state index contributed by atoms with van der Waals surface area (Å²) in [6.45, 7) is 0. The van der Waals surface area contributed by atoms with Crippen LogP contribution in [0.2, 0.25) is 0 Å². The lowest BCUT2D eigenvalue weighted by molar-refractivity contribution is 0.611. The smallest absolute Gasteiger partial charge is 0.148 e. The maximum absolute atomic E-state index is 13.3. The zero-order valence-corrected chi connectivity index (χ0v) is 7.74. The highest BCUT2D eigenvalue weighted by atomic mass is 19.1. The SMILES string of the molecule is CNc1ccn(-c2ccccc2F)n1. The van der Waals surface area contributed by atoms with Crippen molar-refractivity contribution in [2.24, 2.45) is 0 Å². The lowest BCUT2D eigenvalue weighted by atomic mass is 10.3. The third-order valence-electron chi connectivity index (χ3n) is 1.94. The van der Waals surface area contributed by atoms with Gasteiger partial charge in [0, 0.05) is 19.3 Å². The van der Waals surface area contributed by atoms with Gasteiger partial charge in [-0.05, 0) is 12.1 Å². The van der Waals surface area contributed by atoms with Crippen molar-refractivity contribution in [1.82, 2.24) is 9.78 Å². The van der Waals surface area contributed by atoms with Gasteiger partial charge in [0.25, 0.3) is 0 Å². The molecule has 1 N–H and O–H groups in total. The highest BCUT2D eigenvalue weighted by Crippen LogP contribution is 2.13. The van der Waals surface area contributed by atoms with E-state index < -0.39 is 0 Å². The maximum atomic E-state index is 13.3. The highest BCUT2D eigenvalue weighted by molar-refractivity contribution is 5.38. The quantitative estimate of drug-likeness (QED) is 0.787. The minimum absolute atomic E-state index is 0.279. The summed E-state index contributed by atoms with van der Waals surface area (Å²) in [6.07, 6.45) is 1.71. The Morgan fingerprint density at radius 1 is 1.29 bits per heavy atom. The van der Waals surface area contributed by atoms with Gasteiger partial charge in [-0.2, -0.15) is 5.10 Å². The van der Waals surface area contributed by atoms with Gasteiger partial charge in [-0.15, -0.1) is 0 Å². The fraction of sp³-hybridized carbons (Fsp3) is 0.100. The number of benzene rings is 1. The van der Waals surface area contributed by atoms with Crippen molar-refractivity contribution in [1.29, 1.82) is 0 Å². The summed E-state index contributed by atoms with van der Waals surface area (Å²) >= 11 is 0. The second kappa shape index (κ2) is 3.49. The Balaban J connectivity index is 2.44. The topological polar surface area (TPSA) is 29.9 Å². The molecule has 1 heterocycles. The number of rotatable bonds is 2. The molecule has 0 atom stereocenters. The fourth-order valence-electron chi connectivity index (χ4n) is 1.23. The molecule has 0 bridgehead atoms. The summed E-state index contributed by atoms with van der Waals surface area (Å²) in [6, 6.07) is 8.31. The average molecular weight is 191 g/mol. The summed E-state index contributed by atoms with van der Waals surface area (Å²) < 4.78 is 14.8. The largest absolute Gasteiger partial charge is 0.372 e. The van der Waals surface area contributed by atoms with Crippen LogP contribution in [0.1, 0.15) is 0 Å². The number of aromatic nitrogens is 2. The maximum Gasteiger partial charge on any atom is 0.148 e. The molecular formula is C10H10FN3. The Morgan fingerprint density at radius 2 is 2.07 bits per heavy atom. The molecule has 2 rings (SSSR count). The first-order valence-corrected chi connectivity index (χ1v) is 4.29. The third kappa shape index (κ3) is 1.46. The number of nitrogens with one attached hydrogen (secondary N) is 1. The Hall–Kier alpha value is -1.84. The second-order valence-corrected chi connectivity index (χ2v) is 2.85. The monoisotopic (exact) mass is 191 g/mol. The molecule has 2 aromatic rings. The molecule has 1 aromatic heterocycles. The number of nitrogens with zero attached hydrogens (tertiary/aromatic N) is 2. The number of halogens is 1. The molecule has 0 aliphatic rings. The predicted molar refractivity (Wildman–Crippen MR) is 53.1 cm³/mol. The fourth-order valence-corrected chi connectivity index (χ4v) is 1.23. The van der Waals surface area contributed by atoms with Gasteiger partial charge >= 0.3 is 0 Å². The van der Waals surface area contributed by atoms with E-state index in [-0.39, 0.29) is 5.82 Å². The first-order valence-electron chi connectivity index (χ1n) is 4.29. The van der Waals surface area contributed by atoms with Crippen LogP contribution in [0.4, 0.5) is 10.2 Å². The second-order valence-electron chi connectivity index (χ2n) is 2.85. The molecule has 0 spiro atoms. The number of para-hydroxylation sites is 1. The third-order valence-corrected chi connectivity index (χ3v) is 1.94. The Labute approximate surface area is 81.2 Å². The summed E-state index contributed by atoms with van der Waals surface area (Å²) in [5.74, 6) is 0.437. The van der Waals surface area contributed by atoms with Crippen LogP contribution in [0.3, 0.4) is 0 Å². The Morgan fingerprint density at radius 3 is 2.71 bits per heavy atom. The van der Waals surface area contributed by atoms with Gasteiger partial charge in [0.1, 0.15) is 17.3 Å². The molecule has 0 saturated heterocycles. The van der Waals surface area contributed by atoms with Crippen LogP contribution in [0.25, 0.3) is 5.69 Å². The van der Waals surface area contributed by atoms with Crippen molar-refractivity contribution < 1.29 is 4.39 Å². The van der Waals surface area contributed by atoms with Crippen molar-refractivity contribution >= 4 is 5.82 Å². The van der Waals surface area contributed by atoms with E-state index >= 15 is 0 Å². The molecule has 14 heavy (non-hydrogen) atoms. The summed E-state index contributed by atoms with van der Waals surface area (Å²) in [5, 5.41) is 7.01. The molecule has 72 valence electrons. The lowest BCUT2D eigenvalue weighted by Crippen LogP contribution is -1.99. The minimum Gasteiger partial charge on any atom is -0.372 e. The van der Waals surface area contributed by atoms with Gasteiger partial charge in [0.15, 0.2) is 0 Å². The van der Waals surface area contributed by atoms with Gasteiger partial charge in [-0.1, -0.05) is 12.1 Å². The van der Waals surface area contributed by atoms with E-state index in [1.165, 1.54) is 10.7 Å². The number of anilines is 1. The van der Waals surface area contributed by atoms with Crippen LogP contribution >= 0.6 is 0 Å². The van der Waals surface area contributed by atoms with Crippen molar-refractivity contribution in [3.05, 3.63) is 42.3 Å². The van der Waals surface area contributed by atoms with Crippen LogP contribution in [-0.2, 0) is 0 Å². The average Bonchev–Trinajstić information content (AvgIpc) is 2.67. The molecule has 0 amide bonds. The normalized spacial score (nSPS) is 10.1. The molecule has 0 fully saturated rings. The zero-order chi connectivity index (χ0) is 9.97. The van der Waals surface area contributed by atoms with Crippen LogP contribution in [0.15, 0.2) is 36.5 Å². The van der Waals surface area contributed by atoms with Crippen molar-refractivity contribution in [3.8, 4) is 5.69 Å². The highest BCUT2D eigenvalue weighted by Gasteiger charge is 2.03. The van der Waals surface area contributed by atoms with Gasteiger partial charge in [0.05, 0.1) is 0 Å². The van der Waals surface area contributed by atoms with E-state index in [2.05, 4.69) is 10.4 Å². The molecular weight excluding hydrogens is 181 g/mol. The minimum atomic E-state index is -0.279. The van der Waals surface area contributed by atoms with E-state index in [4.69, 9.17) is 0 Å².